The second kappa shape index (κ2) is 12.4. The Hall–Kier alpha value is -3.63. The minimum atomic E-state index is -0.923. The standard InChI is InChI=1S/C22H30N4O7/c1-14(19(28)25-15(2)21(30)32-3)24-20(29)17-10-7-11-26(17)18(27)12-23-22(31)33-13-16-8-5-4-6-9-16/h4-6,8-9,14-15,17H,7,10-13H2,1-3H3,(H,23,31)(H,24,29)(H,25,28)/t14-,15-,17-/m0/s1. The molecule has 1 fully saturated rings. The van der Waals surface area contributed by atoms with Gasteiger partial charge in [0.25, 0.3) is 0 Å². The molecule has 2 rings (SSSR count). The SMILES string of the molecule is COC(=O)[C@H](C)NC(=O)[C@H](C)NC(=O)[C@@H]1CCCN1C(=O)CNC(=O)OCc1ccccc1. The van der Waals surface area contributed by atoms with Crippen LogP contribution >= 0.6 is 0 Å². The van der Waals surface area contributed by atoms with E-state index in [1.165, 1.54) is 25.9 Å². The van der Waals surface area contributed by atoms with Gasteiger partial charge in [0, 0.05) is 6.54 Å². The van der Waals surface area contributed by atoms with Crippen molar-refractivity contribution in [3.05, 3.63) is 35.9 Å². The second-order valence-electron chi connectivity index (χ2n) is 7.64. The molecule has 3 N–H and O–H groups in total. The maximum Gasteiger partial charge on any atom is 0.407 e. The van der Waals surface area contributed by atoms with Gasteiger partial charge in [0.15, 0.2) is 0 Å². The van der Waals surface area contributed by atoms with Crippen LogP contribution in [0.2, 0.25) is 0 Å². The van der Waals surface area contributed by atoms with Crippen LogP contribution in [0.3, 0.4) is 0 Å². The maximum atomic E-state index is 12.7. The Morgan fingerprint density at radius 3 is 2.42 bits per heavy atom. The zero-order valence-corrected chi connectivity index (χ0v) is 19.0. The predicted octanol–water partition coefficient (Wildman–Crippen LogP) is 0.0862. The number of rotatable bonds is 9. The van der Waals surface area contributed by atoms with Crippen LogP contribution in [-0.4, -0.2) is 73.0 Å². The van der Waals surface area contributed by atoms with Crippen LogP contribution in [0, 0.1) is 0 Å². The van der Waals surface area contributed by atoms with E-state index in [2.05, 4.69) is 20.7 Å². The molecule has 1 saturated heterocycles. The van der Waals surface area contributed by atoms with Crippen LogP contribution in [0.15, 0.2) is 30.3 Å². The largest absolute Gasteiger partial charge is 0.467 e. The first kappa shape index (κ1) is 25.6. The average molecular weight is 463 g/mol. The van der Waals surface area contributed by atoms with E-state index < -0.39 is 47.9 Å². The number of amides is 4. The number of ether oxygens (including phenoxy) is 2. The number of nitrogens with zero attached hydrogens (tertiary/aromatic N) is 1. The van der Waals surface area contributed by atoms with Gasteiger partial charge in [-0.3, -0.25) is 14.4 Å². The molecule has 0 spiro atoms. The smallest absolute Gasteiger partial charge is 0.407 e. The number of likely N-dealkylation sites (tertiary alicyclic amines) is 1. The van der Waals surface area contributed by atoms with Gasteiger partial charge < -0.3 is 30.3 Å². The number of benzene rings is 1. The third-order valence-corrected chi connectivity index (χ3v) is 5.14. The molecule has 0 saturated carbocycles. The van der Waals surface area contributed by atoms with E-state index >= 15 is 0 Å². The predicted molar refractivity (Wildman–Crippen MR) is 117 cm³/mol. The van der Waals surface area contributed by atoms with Gasteiger partial charge in [-0.15, -0.1) is 0 Å². The lowest BCUT2D eigenvalue weighted by Crippen LogP contribution is -2.54. The number of hydrogen-bond acceptors (Lipinski definition) is 7. The Bertz CT molecular complexity index is 862. The minimum Gasteiger partial charge on any atom is -0.467 e. The number of esters is 1. The first-order valence-electron chi connectivity index (χ1n) is 10.7. The molecule has 11 heteroatoms. The number of carbonyl (C=O) groups excluding carboxylic acids is 5. The normalized spacial score (nSPS) is 16.8. The molecule has 0 aliphatic carbocycles. The maximum absolute atomic E-state index is 12.7. The summed E-state index contributed by atoms with van der Waals surface area (Å²) in [6.45, 7) is 3.06. The molecule has 1 aliphatic heterocycles. The third kappa shape index (κ3) is 7.78. The van der Waals surface area contributed by atoms with Crippen molar-refractivity contribution in [3.63, 3.8) is 0 Å². The summed E-state index contributed by atoms with van der Waals surface area (Å²) >= 11 is 0. The molecule has 180 valence electrons. The summed E-state index contributed by atoms with van der Waals surface area (Å²) in [5.74, 6) is -2.08. The van der Waals surface area contributed by atoms with Crippen molar-refractivity contribution in [2.75, 3.05) is 20.2 Å². The quantitative estimate of drug-likeness (QED) is 0.441. The summed E-state index contributed by atoms with van der Waals surface area (Å²) in [5, 5.41) is 7.40. The van der Waals surface area contributed by atoms with E-state index in [4.69, 9.17) is 4.74 Å². The van der Waals surface area contributed by atoms with Gasteiger partial charge in [0.2, 0.25) is 17.7 Å². The monoisotopic (exact) mass is 462 g/mol. The van der Waals surface area contributed by atoms with Crippen molar-refractivity contribution in [3.8, 4) is 0 Å². The number of hydrogen-bond donors (Lipinski definition) is 3. The molecular weight excluding hydrogens is 432 g/mol. The highest BCUT2D eigenvalue weighted by atomic mass is 16.5. The first-order valence-corrected chi connectivity index (χ1v) is 10.7. The van der Waals surface area contributed by atoms with E-state index in [1.54, 1.807) is 0 Å². The Morgan fingerprint density at radius 2 is 1.76 bits per heavy atom. The van der Waals surface area contributed by atoms with Crippen molar-refractivity contribution >= 4 is 29.8 Å². The first-order chi connectivity index (χ1) is 15.7. The van der Waals surface area contributed by atoms with Crippen LogP contribution < -0.4 is 16.0 Å². The summed E-state index contributed by atoms with van der Waals surface area (Å²) in [6.07, 6.45) is 0.308. The fourth-order valence-corrected chi connectivity index (χ4v) is 3.31. The number of methoxy groups -OCH3 is 1. The van der Waals surface area contributed by atoms with Gasteiger partial charge in [-0.1, -0.05) is 30.3 Å². The van der Waals surface area contributed by atoms with E-state index in [0.29, 0.717) is 19.4 Å². The summed E-state index contributed by atoms with van der Waals surface area (Å²) in [5.41, 5.74) is 0.814. The highest BCUT2D eigenvalue weighted by Crippen LogP contribution is 2.17. The molecule has 0 bridgehead atoms. The average Bonchev–Trinajstić information content (AvgIpc) is 3.31. The molecule has 3 atom stereocenters. The van der Waals surface area contributed by atoms with Gasteiger partial charge >= 0.3 is 12.1 Å². The van der Waals surface area contributed by atoms with Gasteiger partial charge in [0.1, 0.15) is 31.3 Å². The second-order valence-corrected chi connectivity index (χ2v) is 7.64. The Morgan fingerprint density at radius 1 is 1.06 bits per heavy atom. The Balaban J connectivity index is 1.80. The zero-order chi connectivity index (χ0) is 24.4. The fourth-order valence-electron chi connectivity index (χ4n) is 3.31. The van der Waals surface area contributed by atoms with Crippen LogP contribution in [-0.2, 0) is 35.3 Å². The number of alkyl carbamates (subject to hydrolysis) is 1. The van der Waals surface area contributed by atoms with Crippen molar-refractivity contribution in [2.45, 2.75) is 51.4 Å². The van der Waals surface area contributed by atoms with Crippen LogP contribution in [0.25, 0.3) is 0 Å². The van der Waals surface area contributed by atoms with Gasteiger partial charge in [-0.05, 0) is 32.3 Å². The molecule has 11 nitrogen and oxygen atoms in total. The van der Waals surface area contributed by atoms with E-state index in [-0.39, 0.29) is 13.2 Å². The Labute approximate surface area is 192 Å². The molecule has 33 heavy (non-hydrogen) atoms. The Kier molecular flexibility index (Phi) is 9.64. The highest BCUT2D eigenvalue weighted by molar-refractivity contribution is 5.94. The molecule has 1 heterocycles. The summed E-state index contributed by atoms with van der Waals surface area (Å²) in [4.78, 5) is 62.1. The van der Waals surface area contributed by atoms with Crippen LogP contribution in [0.4, 0.5) is 4.79 Å². The molecule has 0 aromatic heterocycles. The lowest BCUT2D eigenvalue weighted by atomic mass is 10.2. The van der Waals surface area contributed by atoms with Crippen LogP contribution in [0.5, 0.6) is 0 Å². The molecular formula is C22H30N4O7. The zero-order valence-electron chi connectivity index (χ0n) is 19.0. The molecule has 1 aromatic carbocycles. The van der Waals surface area contributed by atoms with Crippen molar-refractivity contribution < 1.29 is 33.4 Å². The van der Waals surface area contributed by atoms with E-state index in [0.717, 1.165) is 5.56 Å². The van der Waals surface area contributed by atoms with E-state index in [1.807, 2.05) is 30.3 Å². The molecule has 1 aromatic rings. The topological polar surface area (TPSA) is 143 Å². The molecule has 0 radical (unpaired) electrons. The summed E-state index contributed by atoms with van der Waals surface area (Å²) in [7, 11) is 1.21. The van der Waals surface area contributed by atoms with Gasteiger partial charge in [-0.2, -0.15) is 0 Å². The molecule has 1 aliphatic rings. The molecule has 0 unspecified atom stereocenters. The third-order valence-electron chi connectivity index (χ3n) is 5.14. The van der Waals surface area contributed by atoms with E-state index in [9.17, 15) is 24.0 Å². The lowest BCUT2D eigenvalue weighted by molar-refractivity contribution is -0.145. The van der Waals surface area contributed by atoms with Gasteiger partial charge in [0.05, 0.1) is 7.11 Å². The number of carbonyl (C=O) groups is 5. The van der Waals surface area contributed by atoms with Crippen molar-refractivity contribution in [1.82, 2.24) is 20.9 Å². The number of nitrogens with one attached hydrogen (secondary N) is 3. The highest BCUT2D eigenvalue weighted by Gasteiger charge is 2.35. The van der Waals surface area contributed by atoms with Crippen LogP contribution in [0.1, 0.15) is 32.3 Å². The lowest BCUT2D eigenvalue weighted by Gasteiger charge is -2.25. The van der Waals surface area contributed by atoms with Gasteiger partial charge in [-0.25, -0.2) is 9.59 Å². The summed E-state index contributed by atoms with van der Waals surface area (Å²) < 4.78 is 9.62. The fraction of sp³-hybridized carbons (Fsp3) is 0.500. The van der Waals surface area contributed by atoms with Crippen molar-refractivity contribution in [2.24, 2.45) is 0 Å². The minimum absolute atomic E-state index is 0.0736. The molecule has 4 amide bonds. The summed E-state index contributed by atoms with van der Waals surface area (Å²) in [6, 6.07) is 6.57. The van der Waals surface area contributed by atoms with Crippen molar-refractivity contribution in [1.29, 1.82) is 0 Å².